The summed E-state index contributed by atoms with van der Waals surface area (Å²) in [4.78, 5) is 3.85. The topological polar surface area (TPSA) is 93.2 Å². The fraction of sp³-hybridized carbons (Fsp3) is 0.500. The molecular weight excluding hydrogens is 356 g/mol. The Hall–Kier alpha value is -0.670. The van der Waals surface area contributed by atoms with Gasteiger partial charge in [0.15, 0.2) is 0 Å². The van der Waals surface area contributed by atoms with Gasteiger partial charge in [0.2, 0.25) is 10.0 Å². The van der Waals surface area contributed by atoms with Gasteiger partial charge in [0.1, 0.15) is 9.84 Å². The van der Waals surface area contributed by atoms with Gasteiger partial charge >= 0.3 is 0 Å². The number of hydrogen-bond acceptors (Lipinski definition) is 5. The number of halogens is 1. The van der Waals surface area contributed by atoms with Gasteiger partial charge < -0.3 is 0 Å². The normalized spacial score (nSPS) is 20.1. The van der Waals surface area contributed by atoms with Crippen LogP contribution in [0.25, 0.3) is 0 Å². The van der Waals surface area contributed by atoms with Crippen molar-refractivity contribution in [3.8, 4) is 0 Å². The Morgan fingerprint density at radius 2 is 1.95 bits per heavy atom. The number of sulfone groups is 1. The number of anilines is 1. The van der Waals surface area contributed by atoms with Gasteiger partial charge in [-0.05, 0) is 34.8 Å². The predicted octanol–water partition coefficient (Wildman–Crippen LogP) is 1.16. The highest BCUT2D eigenvalue weighted by Gasteiger charge is 2.33. The molecule has 106 valence electrons. The highest BCUT2D eigenvalue weighted by molar-refractivity contribution is 9.10. The van der Waals surface area contributed by atoms with Gasteiger partial charge in [-0.3, -0.25) is 9.71 Å². The van der Waals surface area contributed by atoms with Crippen molar-refractivity contribution in [3.63, 3.8) is 0 Å². The van der Waals surface area contributed by atoms with E-state index in [1.165, 1.54) is 12.4 Å². The lowest BCUT2D eigenvalue weighted by molar-refractivity contribution is 0.555. The summed E-state index contributed by atoms with van der Waals surface area (Å²) < 4.78 is 50.0. The minimum atomic E-state index is -3.58. The maximum Gasteiger partial charge on any atom is 0.235 e. The Bertz CT molecular complexity index is 659. The molecule has 2 heterocycles. The fourth-order valence-corrected chi connectivity index (χ4v) is 5.65. The first-order valence-electron chi connectivity index (χ1n) is 5.62. The zero-order valence-corrected chi connectivity index (χ0v) is 13.1. The van der Waals surface area contributed by atoms with E-state index in [0.717, 1.165) is 0 Å². The Labute approximate surface area is 120 Å². The Kier molecular flexibility index (Phi) is 4.17. The van der Waals surface area contributed by atoms with E-state index in [2.05, 4.69) is 25.6 Å². The molecule has 19 heavy (non-hydrogen) atoms. The molecule has 0 radical (unpaired) electrons. The summed E-state index contributed by atoms with van der Waals surface area (Å²) in [6, 6.07) is 1.54. The molecule has 1 N–H and O–H groups in total. The number of hydrogen-bond donors (Lipinski definition) is 1. The number of sulfonamides is 1. The number of nitrogens with one attached hydrogen (secondary N) is 1. The molecule has 1 aromatic rings. The lowest BCUT2D eigenvalue weighted by atomic mass is 10.2. The molecule has 6 nitrogen and oxygen atoms in total. The summed E-state index contributed by atoms with van der Waals surface area (Å²) in [6.07, 6.45) is 3.25. The molecular formula is C10H13BrN2O4S2. The minimum absolute atomic E-state index is 0.0733. The smallest absolute Gasteiger partial charge is 0.235 e. The zero-order chi connectivity index (χ0) is 14.1. The first-order chi connectivity index (χ1) is 8.80. The maximum absolute atomic E-state index is 12.2. The largest absolute Gasteiger partial charge is 0.282 e. The van der Waals surface area contributed by atoms with Crippen LogP contribution in [0, 0.1) is 0 Å². The quantitative estimate of drug-likeness (QED) is 0.863. The number of aromatic nitrogens is 1. The average molecular weight is 369 g/mol. The summed E-state index contributed by atoms with van der Waals surface area (Å²) in [6.45, 7) is 0. The SMILES string of the molecule is O=S1(=O)CCC(S(=O)(=O)Nc2ccncc2Br)CC1. The second-order valence-electron chi connectivity index (χ2n) is 4.35. The van der Waals surface area contributed by atoms with Crippen molar-refractivity contribution in [2.24, 2.45) is 0 Å². The monoisotopic (exact) mass is 368 g/mol. The van der Waals surface area contributed by atoms with Crippen molar-refractivity contribution in [1.82, 2.24) is 4.98 Å². The molecule has 1 saturated heterocycles. The molecule has 0 atom stereocenters. The fourth-order valence-electron chi connectivity index (χ4n) is 1.87. The molecule has 0 unspecified atom stereocenters. The third-order valence-corrected chi connectivity index (χ3v) is 7.17. The van der Waals surface area contributed by atoms with Crippen LogP contribution in [0.4, 0.5) is 5.69 Å². The van der Waals surface area contributed by atoms with Crippen LogP contribution >= 0.6 is 15.9 Å². The zero-order valence-electron chi connectivity index (χ0n) is 9.91. The molecule has 0 bridgehead atoms. The van der Waals surface area contributed by atoms with Crippen LogP contribution in [-0.2, 0) is 19.9 Å². The van der Waals surface area contributed by atoms with Gasteiger partial charge in [-0.15, -0.1) is 0 Å². The highest BCUT2D eigenvalue weighted by Crippen LogP contribution is 2.25. The molecule has 1 aliphatic heterocycles. The number of pyridine rings is 1. The molecule has 1 aliphatic rings. The summed E-state index contributed by atoms with van der Waals surface area (Å²) in [5, 5.41) is -0.670. The van der Waals surface area contributed by atoms with Crippen molar-refractivity contribution < 1.29 is 16.8 Å². The van der Waals surface area contributed by atoms with Crippen LogP contribution in [0.5, 0.6) is 0 Å². The Morgan fingerprint density at radius 3 is 2.53 bits per heavy atom. The summed E-state index contributed by atoms with van der Waals surface area (Å²) in [5.74, 6) is -0.147. The van der Waals surface area contributed by atoms with Crippen molar-refractivity contribution in [2.75, 3.05) is 16.2 Å². The maximum atomic E-state index is 12.2. The van der Waals surface area contributed by atoms with Gasteiger partial charge in [0, 0.05) is 12.4 Å². The van der Waals surface area contributed by atoms with Gasteiger partial charge in [0.05, 0.1) is 26.9 Å². The van der Waals surface area contributed by atoms with Crippen LogP contribution < -0.4 is 4.72 Å². The van der Waals surface area contributed by atoms with Crippen LogP contribution in [0.3, 0.4) is 0 Å². The number of nitrogens with zero attached hydrogens (tertiary/aromatic N) is 1. The van der Waals surface area contributed by atoms with Crippen molar-refractivity contribution >= 4 is 41.5 Å². The molecule has 0 aromatic carbocycles. The summed E-state index contributed by atoms with van der Waals surface area (Å²) in [7, 11) is -6.65. The first-order valence-corrected chi connectivity index (χ1v) is 9.78. The van der Waals surface area contributed by atoms with Crippen LogP contribution in [0.1, 0.15) is 12.8 Å². The molecule has 0 amide bonds. The minimum Gasteiger partial charge on any atom is -0.282 e. The van der Waals surface area contributed by atoms with Crippen LogP contribution in [0.15, 0.2) is 22.9 Å². The van der Waals surface area contributed by atoms with Crippen LogP contribution in [-0.4, -0.2) is 38.6 Å². The van der Waals surface area contributed by atoms with E-state index in [0.29, 0.717) is 10.2 Å². The molecule has 9 heteroatoms. The molecule has 1 fully saturated rings. The van der Waals surface area contributed by atoms with E-state index in [1.54, 1.807) is 6.07 Å². The number of rotatable bonds is 3. The van der Waals surface area contributed by atoms with E-state index < -0.39 is 25.1 Å². The standard InChI is InChI=1S/C10H13BrN2O4S2/c11-9-7-12-4-1-10(9)13-19(16,17)8-2-5-18(14,15)6-3-8/h1,4,7-8H,2-3,5-6H2,(H,12,13). The van der Waals surface area contributed by atoms with Crippen molar-refractivity contribution in [3.05, 3.63) is 22.9 Å². The van der Waals surface area contributed by atoms with Gasteiger partial charge in [-0.25, -0.2) is 16.8 Å². The second kappa shape index (κ2) is 5.37. The molecule has 0 aliphatic carbocycles. The highest BCUT2D eigenvalue weighted by atomic mass is 79.9. The predicted molar refractivity (Wildman–Crippen MR) is 76.2 cm³/mol. The van der Waals surface area contributed by atoms with Gasteiger partial charge in [0.25, 0.3) is 0 Å². The van der Waals surface area contributed by atoms with E-state index in [1.807, 2.05) is 0 Å². The molecule has 0 spiro atoms. The molecule has 0 saturated carbocycles. The molecule has 1 aromatic heterocycles. The Balaban J connectivity index is 2.14. The average Bonchev–Trinajstić information content (AvgIpc) is 2.31. The third-order valence-electron chi connectivity index (χ3n) is 2.97. The van der Waals surface area contributed by atoms with Crippen LogP contribution in [0.2, 0.25) is 0 Å². The lowest BCUT2D eigenvalue weighted by Crippen LogP contribution is -2.36. The van der Waals surface area contributed by atoms with E-state index in [9.17, 15) is 16.8 Å². The molecule has 2 rings (SSSR count). The van der Waals surface area contributed by atoms with E-state index in [-0.39, 0.29) is 24.3 Å². The summed E-state index contributed by atoms with van der Waals surface area (Å²) in [5.41, 5.74) is 0.406. The van der Waals surface area contributed by atoms with Gasteiger partial charge in [-0.2, -0.15) is 0 Å². The first kappa shape index (κ1) is 14.7. The van der Waals surface area contributed by atoms with E-state index in [4.69, 9.17) is 0 Å². The third kappa shape index (κ3) is 3.67. The van der Waals surface area contributed by atoms with E-state index >= 15 is 0 Å². The Morgan fingerprint density at radius 1 is 1.32 bits per heavy atom. The van der Waals surface area contributed by atoms with Crippen molar-refractivity contribution in [2.45, 2.75) is 18.1 Å². The summed E-state index contributed by atoms with van der Waals surface area (Å²) >= 11 is 3.21. The van der Waals surface area contributed by atoms with Gasteiger partial charge in [-0.1, -0.05) is 0 Å². The van der Waals surface area contributed by atoms with Crippen molar-refractivity contribution in [1.29, 1.82) is 0 Å². The second-order valence-corrected chi connectivity index (χ2v) is 9.47. The lowest BCUT2D eigenvalue weighted by Gasteiger charge is -2.22.